The second kappa shape index (κ2) is 6.43. The summed E-state index contributed by atoms with van der Waals surface area (Å²) in [6.07, 6.45) is 10.8. The molecule has 0 spiro atoms. The van der Waals surface area contributed by atoms with Crippen molar-refractivity contribution in [1.82, 2.24) is 4.98 Å². The molecule has 2 nitrogen and oxygen atoms in total. The van der Waals surface area contributed by atoms with Gasteiger partial charge in [0.05, 0.1) is 0 Å². The second-order valence-electron chi connectivity index (χ2n) is 4.67. The molecule has 0 unspecified atom stereocenters. The first kappa shape index (κ1) is 12.2. The Morgan fingerprint density at radius 1 is 1.06 bits per heavy atom. The van der Waals surface area contributed by atoms with E-state index in [-0.39, 0.29) is 0 Å². The Labute approximate surface area is 103 Å². The van der Waals surface area contributed by atoms with E-state index in [1.54, 1.807) is 0 Å². The topological polar surface area (TPSA) is 26.0 Å². The molecule has 0 N–H and O–H groups in total. The molecule has 0 radical (unpaired) electrons. The van der Waals surface area contributed by atoms with Crippen LogP contribution in [-0.2, 0) is 6.42 Å². The van der Waals surface area contributed by atoms with E-state index >= 15 is 0 Å². The van der Waals surface area contributed by atoms with Gasteiger partial charge in [-0.25, -0.2) is 4.98 Å². The number of hydrogen-bond donors (Lipinski definition) is 0. The van der Waals surface area contributed by atoms with Crippen LogP contribution in [-0.4, -0.2) is 4.98 Å². The molecule has 17 heavy (non-hydrogen) atoms. The highest BCUT2D eigenvalue weighted by atomic mass is 16.3. The van der Waals surface area contributed by atoms with Crippen LogP contribution in [0, 0.1) is 0 Å². The van der Waals surface area contributed by atoms with Gasteiger partial charge in [-0.05, 0) is 30.5 Å². The third-order valence-corrected chi connectivity index (χ3v) is 3.21. The van der Waals surface area contributed by atoms with Crippen LogP contribution in [0.5, 0.6) is 0 Å². The molecule has 0 amide bonds. The summed E-state index contributed by atoms with van der Waals surface area (Å²) in [4.78, 5) is 4.12. The number of fused-ring (bicyclic) bond motifs is 1. The van der Waals surface area contributed by atoms with Gasteiger partial charge in [-0.3, -0.25) is 0 Å². The highest BCUT2D eigenvalue weighted by Crippen LogP contribution is 2.16. The van der Waals surface area contributed by atoms with Crippen LogP contribution < -0.4 is 0 Å². The minimum absolute atomic E-state index is 0.911. The first-order valence-corrected chi connectivity index (χ1v) is 6.72. The van der Waals surface area contributed by atoms with Crippen molar-refractivity contribution < 1.29 is 4.42 Å². The van der Waals surface area contributed by atoms with Gasteiger partial charge in [0.15, 0.2) is 12.0 Å². The van der Waals surface area contributed by atoms with Crippen molar-refractivity contribution in [2.24, 2.45) is 0 Å². The molecule has 0 aliphatic rings. The molecule has 0 saturated carbocycles. The lowest BCUT2D eigenvalue weighted by Gasteiger charge is -2.01. The van der Waals surface area contributed by atoms with Crippen molar-refractivity contribution in [1.29, 1.82) is 0 Å². The number of hydrogen-bond acceptors (Lipinski definition) is 2. The predicted octanol–water partition coefficient (Wildman–Crippen LogP) is 4.73. The van der Waals surface area contributed by atoms with Crippen molar-refractivity contribution in [3.63, 3.8) is 0 Å². The van der Waals surface area contributed by atoms with Gasteiger partial charge < -0.3 is 4.42 Å². The maximum atomic E-state index is 5.31. The van der Waals surface area contributed by atoms with E-state index in [2.05, 4.69) is 24.0 Å². The van der Waals surface area contributed by atoms with Crippen LogP contribution >= 0.6 is 0 Å². The summed E-state index contributed by atoms with van der Waals surface area (Å²) in [5.74, 6) is 0. The van der Waals surface area contributed by atoms with Crippen LogP contribution in [0.3, 0.4) is 0 Å². The summed E-state index contributed by atoms with van der Waals surface area (Å²) in [6.45, 7) is 2.26. The van der Waals surface area contributed by atoms with E-state index in [0.717, 1.165) is 17.5 Å². The van der Waals surface area contributed by atoms with E-state index in [4.69, 9.17) is 4.42 Å². The van der Waals surface area contributed by atoms with Crippen molar-refractivity contribution in [3.8, 4) is 0 Å². The van der Waals surface area contributed by atoms with Gasteiger partial charge in [-0.1, -0.05) is 45.1 Å². The van der Waals surface area contributed by atoms with Gasteiger partial charge in [-0.2, -0.15) is 0 Å². The Kier molecular flexibility index (Phi) is 4.60. The SMILES string of the molecule is CCCCCCCCc1ccc2ncoc2c1. The zero-order chi connectivity index (χ0) is 11.9. The summed E-state index contributed by atoms with van der Waals surface area (Å²) in [7, 11) is 0. The number of benzene rings is 1. The zero-order valence-corrected chi connectivity index (χ0v) is 10.6. The molecule has 2 rings (SSSR count). The Morgan fingerprint density at radius 2 is 1.88 bits per heavy atom. The third kappa shape index (κ3) is 3.58. The summed E-state index contributed by atoms with van der Waals surface area (Å²) < 4.78 is 5.31. The lowest BCUT2D eigenvalue weighted by molar-refractivity contribution is 0.598. The number of aryl methyl sites for hydroxylation is 1. The Hall–Kier alpha value is -1.31. The number of unbranched alkanes of at least 4 members (excludes halogenated alkanes) is 5. The molecule has 1 aromatic carbocycles. The van der Waals surface area contributed by atoms with Crippen LogP contribution in [0.15, 0.2) is 29.0 Å². The molecule has 0 fully saturated rings. The number of rotatable bonds is 7. The minimum atomic E-state index is 0.911. The quantitative estimate of drug-likeness (QED) is 0.644. The molecule has 1 aromatic heterocycles. The fourth-order valence-corrected chi connectivity index (χ4v) is 2.16. The molecule has 0 aliphatic carbocycles. The molecule has 2 aromatic rings. The van der Waals surface area contributed by atoms with Crippen molar-refractivity contribution in [2.75, 3.05) is 0 Å². The maximum absolute atomic E-state index is 5.31. The van der Waals surface area contributed by atoms with Gasteiger partial charge >= 0.3 is 0 Å². The molecular weight excluding hydrogens is 210 g/mol. The largest absolute Gasteiger partial charge is 0.443 e. The van der Waals surface area contributed by atoms with Gasteiger partial charge in [0.1, 0.15) is 5.52 Å². The van der Waals surface area contributed by atoms with Gasteiger partial charge in [0.25, 0.3) is 0 Å². The number of aromatic nitrogens is 1. The fourth-order valence-electron chi connectivity index (χ4n) is 2.16. The standard InChI is InChI=1S/C15H21NO/c1-2-3-4-5-6-7-8-13-9-10-14-15(11-13)17-12-16-14/h9-12H,2-8H2,1H3. The second-order valence-corrected chi connectivity index (χ2v) is 4.67. The molecule has 0 saturated heterocycles. The van der Waals surface area contributed by atoms with E-state index in [9.17, 15) is 0 Å². The lowest BCUT2D eigenvalue weighted by Crippen LogP contribution is -1.86. The number of oxazole rings is 1. The van der Waals surface area contributed by atoms with Crippen LogP contribution in [0.25, 0.3) is 11.1 Å². The summed E-state index contributed by atoms with van der Waals surface area (Å²) >= 11 is 0. The van der Waals surface area contributed by atoms with Gasteiger partial charge in [-0.15, -0.1) is 0 Å². The van der Waals surface area contributed by atoms with E-state index < -0.39 is 0 Å². The van der Waals surface area contributed by atoms with Crippen LogP contribution in [0.1, 0.15) is 51.0 Å². The smallest absolute Gasteiger partial charge is 0.181 e. The summed E-state index contributed by atoms with van der Waals surface area (Å²) in [5.41, 5.74) is 3.23. The molecular formula is C15H21NO. The van der Waals surface area contributed by atoms with Crippen LogP contribution in [0.4, 0.5) is 0 Å². The monoisotopic (exact) mass is 231 g/mol. The lowest BCUT2D eigenvalue weighted by atomic mass is 10.0. The van der Waals surface area contributed by atoms with Crippen molar-refractivity contribution in [3.05, 3.63) is 30.2 Å². The zero-order valence-electron chi connectivity index (χ0n) is 10.6. The molecule has 0 bridgehead atoms. The average Bonchev–Trinajstić information content (AvgIpc) is 2.81. The first-order chi connectivity index (χ1) is 8.40. The molecule has 1 heterocycles. The van der Waals surface area contributed by atoms with Crippen LogP contribution in [0.2, 0.25) is 0 Å². The van der Waals surface area contributed by atoms with E-state index in [0.29, 0.717) is 0 Å². The van der Waals surface area contributed by atoms with E-state index in [1.807, 2.05) is 6.07 Å². The third-order valence-electron chi connectivity index (χ3n) is 3.21. The summed E-state index contributed by atoms with van der Waals surface area (Å²) in [6, 6.07) is 6.33. The molecule has 2 heteroatoms. The molecule has 92 valence electrons. The highest BCUT2D eigenvalue weighted by molar-refractivity contribution is 5.72. The highest BCUT2D eigenvalue weighted by Gasteiger charge is 2.00. The Bertz CT molecular complexity index is 447. The Balaban J connectivity index is 1.75. The average molecular weight is 231 g/mol. The van der Waals surface area contributed by atoms with Gasteiger partial charge in [0.2, 0.25) is 0 Å². The first-order valence-electron chi connectivity index (χ1n) is 6.72. The summed E-state index contributed by atoms with van der Waals surface area (Å²) in [5, 5.41) is 0. The minimum Gasteiger partial charge on any atom is -0.443 e. The Morgan fingerprint density at radius 3 is 2.76 bits per heavy atom. The fraction of sp³-hybridized carbons (Fsp3) is 0.533. The van der Waals surface area contributed by atoms with Crippen molar-refractivity contribution in [2.45, 2.75) is 51.9 Å². The molecule has 0 aliphatic heterocycles. The normalized spacial score (nSPS) is 11.1. The maximum Gasteiger partial charge on any atom is 0.181 e. The van der Waals surface area contributed by atoms with E-state index in [1.165, 1.54) is 50.5 Å². The molecule has 0 atom stereocenters. The van der Waals surface area contributed by atoms with Crippen molar-refractivity contribution >= 4 is 11.1 Å². The predicted molar refractivity (Wildman–Crippen MR) is 71.1 cm³/mol. The van der Waals surface area contributed by atoms with Gasteiger partial charge in [0, 0.05) is 0 Å². The number of nitrogens with zero attached hydrogens (tertiary/aromatic N) is 1.